The molecule has 0 radical (unpaired) electrons. The second kappa shape index (κ2) is 13.0. The Labute approximate surface area is 177 Å². The SMILES string of the molecule is CCNC(=NCCCc1ccc(Cl)cc1Cl)NCCS(=O)(=O)CC.I. The zero-order chi connectivity index (χ0) is 18.0. The van der Waals surface area contributed by atoms with Gasteiger partial charge in [-0.1, -0.05) is 36.2 Å². The normalized spacial score (nSPS) is 11.8. The predicted molar refractivity (Wildman–Crippen MR) is 119 cm³/mol. The molecule has 0 aliphatic heterocycles. The zero-order valence-corrected chi connectivity index (χ0v) is 19.2. The van der Waals surface area contributed by atoms with Crippen LogP contribution < -0.4 is 10.6 Å². The molecule has 0 fully saturated rings. The van der Waals surface area contributed by atoms with Crippen molar-refractivity contribution >= 4 is 63.0 Å². The molecular weight excluding hydrogens is 496 g/mol. The van der Waals surface area contributed by atoms with Crippen LogP contribution in [0.3, 0.4) is 0 Å². The van der Waals surface area contributed by atoms with Crippen LogP contribution in [-0.4, -0.2) is 45.5 Å². The van der Waals surface area contributed by atoms with Gasteiger partial charge in [0.25, 0.3) is 0 Å². The van der Waals surface area contributed by atoms with Crippen LogP contribution in [0.1, 0.15) is 25.8 Å². The Morgan fingerprint density at radius 1 is 1.20 bits per heavy atom. The lowest BCUT2D eigenvalue weighted by Crippen LogP contribution is -2.39. The van der Waals surface area contributed by atoms with Gasteiger partial charge in [-0.3, -0.25) is 4.99 Å². The molecule has 0 unspecified atom stereocenters. The van der Waals surface area contributed by atoms with Gasteiger partial charge in [0.05, 0.1) is 5.75 Å². The van der Waals surface area contributed by atoms with E-state index in [-0.39, 0.29) is 35.5 Å². The molecule has 5 nitrogen and oxygen atoms in total. The molecular formula is C16H26Cl2IN3O2S. The summed E-state index contributed by atoms with van der Waals surface area (Å²) >= 11 is 12.0. The Hall–Kier alpha value is -0.250. The summed E-state index contributed by atoms with van der Waals surface area (Å²) in [4.78, 5) is 4.45. The molecule has 0 bridgehead atoms. The number of aryl methyl sites for hydroxylation is 1. The van der Waals surface area contributed by atoms with Crippen LogP contribution in [0.4, 0.5) is 0 Å². The lowest BCUT2D eigenvalue weighted by Gasteiger charge is -2.11. The van der Waals surface area contributed by atoms with E-state index >= 15 is 0 Å². The maximum Gasteiger partial charge on any atom is 0.191 e. The number of aliphatic imine (C=N–C) groups is 1. The average Bonchev–Trinajstić information content (AvgIpc) is 2.53. The van der Waals surface area contributed by atoms with Crippen molar-refractivity contribution in [3.63, 3.8) is 0 Å². The summed E-state index contributed by atoms with van der Waals surface area (Å²) in [7, 11) is -2.97. The van der Waals surface area contributed by atoms with Gasteiger partial charge in [0.15, 0.2) is 15.8 Å². The molecule has 2 N–H and O–H groups in total. The minimum Gasteiger partial charge on any atom is -0.357 e. The molecule has 0 spiro atoms. The number of nitrogens with one attached hydrogen (secondary N) is 2. The molecule has 9 heteroatoms. The Balaban J connectivity index is 0.00000576. The van der Waals surface area contributed by atoms with Crippen molar-refractivity contribution in [3.8, 4) is 0 Å². The fourth-order valence-electron chi connectivity index (χ4n) is 2.00. The lowest BCUT2D eigenvalue weighted by atomic mass is 10.1. The highest BCUT2D eigenvalue weighted by molar-refractivity contribution is 14.0. The van der Waals surface area contributed by atoms with E-state index in [0.717, 1.165) is 24.9 Å². The summed E-state index contributed by atoms with van der Waals surface area (Å²) < 4.78 is 23.0. The molecule has 144 valence electrons. The first-order valence-electron chi connectivity index (χ1n) is 8.04. The van der Waals surface area contributed by atoms with Gasteiger partial charge in [0.1, 0.15) is 0 Å². The van der Waals surface area contributed by atoms with E-state index in [1.807, 2.05) is 19.1 Å². The monoisotopic (exact) mass is 521 g/mol. The fourth-order valence-corrected chi connectivity index (χ4v) is 3.20. The van der Waals surface area contributed by atoms with Gasteiger partial charge in [-0.15, -0.1) is 24.0 Å². The molecule has 0 aromatic heterocycles. The van der Waals surface area contributed by atoms with Crippen molar-refractivity contribution in [1.29, 1.82) is 0 Å². The summed E-state index contributed by atoms with van der Waals surface area (Å²) in [6, 6.07) is 5.49. The number of rotatable bonds is 9. The van der Waals surface area contributed by atoms with E-state index in [9.17, 15) is 8.42 Å². The van der Waals surface area contributed by atoms with Crippen molar-refractivity contribution in [3.05, 3.63) is 33.8 Å². The highest BCUT2D eigenvalue weighted by Crippen LogP contribution is 2.21. The van der Waals surface area contributed by atoms with E-state index in [1.165, 1.54) is 0 Å². The maximum absolute atomic E-state index is 11.5. The zero-order valence-electron chi connectivity index (χ0n) is 14.5. The summed E-state index contributed by atoms with van der Waals surface area (Å²) in [6.07, 6.45) is 1.65. The van der Waals surface area contributed by atoms with Crippen molar-refractivity contribution in [2.75, 3.05) is 31.1 Å². The van der Waals surface area contributed by atoms with Gasteiger partial charge in [0, 0.05) is 35.4 Å². The number of hydrogen-bond donors (Lipinski definition) is 2. The number of benzene rings is 1. The largest absolute Gasteiger partial charge is 0.357 e. The summed E-state index contributed by atoms with van der Waals surface area (Å²) in [5, 5.41) is 7.44. The molecule has 0 aliphatic rings. The van der Waals surface area contributed by atoms with Crippen LogP contribution in [0.15, 0.2) is 23.2 Å². The van der Waals surface area contributed by atoms with Gasteiger partial charge in [-0.05, 0) is 37.5 Å². The number of hydrogen-bond acceptors (Lipinski definition) is 3. The minimum absolute atomic E-state index is 0. The van der Waals surface area contributed by atoms with Crippen LogP contribution in [-0.2, 0) is 16.3 Å². The predicted octanol–water partition coefficient (Wildman–Crippen LogP) is 3.53. The van der Waals surface area contributed by atoms with Gasteiger partial charge in [-0.2, -0.15) is 0 Å². The number of guanidine groups is 1. The van der Waals surface area contributed by atoms with E-state index in [0.29, 0.717) is 29.1 Å². The molecule has 0 aliphatic carbocycles. The minimum atomic E-state index is -2.97. The smallest absolute Gasteiger partial charge is 0.191 e. The molecule has 1 rings (SSSR count). The second-order valence-electron chi connectivity index (χ2n) is 5.26. The van der Waals surface area contributed by atoms with E-state index in [2.05, 4.69) is 15.6 Å². The third-order valence-corrected chi connectivity index (χ3v) is 5.67. The van der Waals surface area contributed by atoms with E-state index in [1.54, 1.807) is 13.0 Å². The molecule has 0 saturated carbocycles. The van der Waals surface area contributed by atoms with Crippen molar-refractivity contribution < 1.29 is 8.42 Å². The lowest BCUT2D eigenvalue weighted by molar-refractivity contribution is 0.595. The standard InChI is InChI=1S/C16H25Cl2N3O2S.HI/c1-3-19-16(21-10-11-24(22,23)4-2)20-9-5-6-13-7-8-14(17)12-15(13)18;/h7-8,12H,3-6,9-11H2,1-2H3,(H2,19,20,21);1H. The van der Waals surface area contributed by atoms with Gasteiger partial charge >= 0.3 is 0 Å². The maximum atomic E-state index is 11.5. The van der Waals surface area contributed by atoms with Gasteiger partial charge in [0.2, 0.25) is 0 Å². The summed E-state index contributed by atoms with van der Waals surface area (Å²) in [5.41, 5.74) is 1.04. The quantitative estimate of drug-likeness (QED) is 0.226. The Morgan fingerprint density at radius 3 is 2.52 bits per heavy atom. The highest BCUT2D eigenvalue weighted by Gasteiger charge is 2.07. The van der Waals surface area contributed by atoms with Crippen LogP contribution in [0.25, 0.3) is 0 Å². The molecule has 1 aromatic carbocycles. The first kappa shape index (κ1) is 24.8. The van der Waals surface area contributed by atoms with Crippen molar-refractivity contribution in [2.24, 2.45) is 4.99 Å². The first-order chi connectivity index (χ1) is 11.4. The third kappa shape index (κ3) is 10.5. The Bertz CT molecular complexity index is 655. The van der Waals surface area contributed by atoms with Crippen LogP contribution in [0.2, 0.25) is 10.0 Å². The van der Waals surface area contributed by atoms with Crippen LogP contribution >= 0.6 is 47.2 Å². The molecule has 25 heavy (non-hydrogen) atoms. The first-order valence-corrected chi connectivity index (χ1v) is 10.6. The topological polar surface area (TPSA) is 70.6 Å². The molecule has 0 saturated heterocycles. The average molecular weight is 522 g/mol. The van der Waals surface area contributed by atoms with E-state index < -0.39 is 9.84 Å². The van der Waals surface area contributed by atoms with Crippen LogP contribution in [0.5, 0.6) is 0 Å². The number of halogens is 3. The summed E-state index contributed by atoms with van der Waals surface area (Å²) in [6.45, 7) is 5.30. The summed E-state index contributed by atoms with van der Waals surface area (Å²) in [5.74, 6) is 0.893. The fraction of sp³-hybridized carbons (Fsp3) is 0.562. The third-order valence-electron chi connectivity index (χ3n) is 3.38. The molecule has 0 amide bonds. The Kier molecular flexibility index (Phi) is 12.9. The van der Waals surface area contributed by atoms with Gasteiger partial charge < -0.3 is 10.6 Å². The number of nitrogens with zero attached hydrogens (tertiary/aromatic N) is 1. The van der Waals surface area contributed by atoms with E-state index in [4.69, 9.17) is 23.2 Å². The van der Waals surface area contributed by atoms with Gasteiger partial charge in [-0.25, -0.2) is 8.42 Å². The Morgan fingerprint density at radius 2 is 1.92 bits per heavy atom. The molecule has 0 heterocycles. The number of sulfone groups is 1. The second-order valence-corrected chi connectivity index (χ2v) is 8.58. The van der Waals surface area contributed by atoms with Crippen LogP contribution in [0, 0.1) is 0 Å². The highest BCUT2D eigenvalue weighted by atomic mass is 127. The molecule has 0 atom stereocenters. The van der Waals surface area contributed by atoms with Crippen molar-refractivity contribution in [2.45, 2.75) is 26.7 Å². The van der Waals surface area contributed by atoms with Crippen molar-refractivity contribution in [1.82, 2.24) is 10.6 Å². The molecule has 1 aromatic rings.